The maximum absolute atomic E-state index is 5.73. The van der Waals surface area contributed by atoms with Gasteiger partial charge in [0.2, 0.25) is 0 Å². The summed E-state index contributed by atoms with van der Waals surface area (Å²) in [6, 6.07) is 9.07. The molecule has 0 radical (unpaired) electrons. The van der Waals surface area contributed by atoms with Gasteiger partial charge < -0.3 is 15.8 Å². The van der Waals surface area contributed by atoms with E-state index in [0.29, 0.717) is 18.7 Å². The lowest BCUT2D eigenvalue weighted by molar-refractivity contribution is -0.00960. The van der Waals surface area contributed by atoms with Gasteiger partial charge in [0.15, 0.2) is 0 Å². The van der Waals surface area contributed by atoms with E-state index in [4.69, 9.17) is 10.5 Å². The molecule has 0 amide bonds. The van der Waals surface area contributed by atoms with Crippen molar-refractivity contribution in [3.8, 4) is 0 Å². The van der Waals surface area contributed by atoms with Gasteiger partial charge >= 0.3 is 0 Å². The Morgan fingerprint density at radius 3 is 2.67 bits per heavy atom. The molecule has 0 heterocycles. The van der Waals surface area contributed by atoms with E-state index in [0.717, 1.165) is 32.4 Å². The Balaban J connectivity index is 1.67. The van der Waals surface area contributed by atoms with E-state index >= 15 is 0 Å². The average molecular weight is 248 g/mol. The minimum atomic E-state index is 0.490. The third kappa shape index (κ3) is 3.55. The number of nitrogens with one attached hydrogen (secondary N) is 1. The van der Waals surface area contributed by atoms with Crippen LogP contribution in [0.2, 0.25) is 0 Å². The van der Waals surface area contributed by atoms with E-state index in [-0.39, 0.29) is 0 Å². The molecule has 1 aliphatic carbocycles. The van der Waals surface area contributed by atoms with Crippen molar-refractivity contribution < 1.29 is 4.74 Å². The first-order valence-corrected chi connectivity index (χ1v) is 6.95. The van der Waals surface area contributed by atoms with Gasteiger partial charge in [-0.05, 0) is 43.9 Å². The molecule has 0 aliphatic heterocycles. The number of nitrogens with two attached hydrogens (primary N) is 1. The molecule has 18 heavy (non-hydrogen) atoms. The van der Waals surface area contributed by atoms with Crippen LogP contribution in [-0.2, 0) is 17.7 Å². The molecule has 0 aromatic heterocycles. The summed E-state index contributed by atoms with van der Waals surface area (Å²) in [4.78, 5) is 0. The van der Waals surface area contributed by atoms with Gasteiger partial charge in [-0.25, -0.2) is 0 Å². The van der Waals surface area contributed by atoms with Crippen LogP contribution >= 0.6 is 0 Å². The molecule has 0 atom stereocenters. The third-order valence-electron chi connectivity index (χ3n) is 3.66. The van der Waals surface area contributed by atoms with Crippen LogP contribution in [0.15, 0.2) is 24.3 Å². The Bertz CT molecular complexity index is 361. The van der Waals surface area contributed by atoms with Gasteiger partial charge in [-0.3, -0.25) is 0 Å². The summed E-state index contributed by atoms with van der Waals surface area (Å²) < 4.78 is 5.55. The topological polar surface area (TPSA) is 47.3 Å². The van der Waals surface area contributed by atoms with Crippen molar-refractivity contribution in [2.45, 2.75) is 44.9 Å². The zero-order valence-corrected chi connectivity index (χ0v) is 11.2. The van der Waals surface area contributed by atoms with E-state index in [9.17, 15) is 0 Å². The molecule has 3 nitrogen and oxygen atoms in total. The summed E-state index contributed by atoms with van der Waals surface area (Å²) in [6.07, 6.45) is 3.87. The smallest absolute Gasteiger partial charge is 0.0604 e. The number of benzene rings is 1. The fourth-order valence-corrected chi connectivity index (χ4v) is 2.52. The normalized spacial score (nSPS) is 22.8. The van der Waals surface area contributed by atoms with Gasteiger partial charge in [-0.2, -0.15) is 0 Å². The van der Waals surface area contributed by atoms with Crippen molar-refractivity contribution in [2.24, 2.45) is 5.73 Å². The molecule has 100 valence electrons. The van der Waals surface area contributed by atoms with Crippen molar-refractivity contribution in [2.75, 3.05) is 13.2 Å². The predicted octanol–water partition coefficient (Wildman–Crippen LogP) is 1.84. The lowest BCUT2D eigenvalue weighted by Crippen LogP contribution is -2.46. The van der Waals surface area contributed by atoms with E-state index in [1.54, 1.807) is 0 Å². The highest BCUT2D eigenvalue weighted by molar-refractivity contribution is 5.27. The first-order chi connectivity index (χ1) is 8.83. The minimum Gasteiger partial charge on any atom is -0.378 e. The maximum atomic E-state index is 5.73. The molecule has 3 N–H and O–H groups in total. The van der Waals surface area contributed by atoms with Gasteiger partial charge in [-0.15, -0.1) is 0 Å². The molecule has 1 aliphatic rings. The van der Waals surface area contributed by atoms with Crippen LogP contribution < -0.4 is 11.1 Å². The molecule has 0 saturated heterocycles. The minimum absolute atomic E-state index is 0.490. The highest BCUT2D eigenvalue weighted by Gasteiger charge is 2.28. The van der Waals surface area contributed by atoms with E-state index < -0.39 is 0 Å². The first-order valence-electron chi connectivity index (χ1n) is 6.95. The fraction of sp³-hybridized carbons (Fsp3) is 0.600. The zero-order valence-electron chi connectivity index (χ0n) is 11.2. The molecular formula is C15H24N2O. The Morgan fingerprint density at radius 1 is 1.28 bits per heavy atom. The molecule has 0 unspecified atom stereocenters. The van der Waals surface area contributed by atoms with Crippen LogP contribution in [0.25, 0.3) is 0 Å². The molecule has 2 rings (SSSR count). The summed E-state index contributed by atoms with van der Waals surface area (Å²) in [5.41, 5.74) is 8.37. The molecule has 0 spiro atoms. The van der Waals surface area contributed by atoms with Gasteiger partial charge in [0.25, 0.3) is 0 Å². The highest BCUT2D eigenvalue weighted by Crippen LogP contribution is 2.23. The second-order valence-electron chi connectivity index (χ2n) is 4.92. The molecular weight excluding hydrogens is 224 g/mol. The molecule has 1 fully saturated rings. The standard InChI is InChI=1S/C15H24N2O/c1-2-18-15-9-14(10-15)17-8-7-12-5-3-4-6-13(12)11-16/h3-6,14-15,17H,2,7-11,16H2,1H3. The first kappa shape index (κ1) is 13.5. The third-order valence-corrected chi connectivity index (χ3v) is 3.66. The monoisotopic (exact) mass is 248 g/mol. The predicted molar refractivity (Wildman–Crippen MR) is 74.5 cm³/mol. The SMILES string of the molecule is CCOC1CC(NCCc2ccccc2CN)C1. The Labute approximate surface area is 110 Å². The second kappa shape index (κ2) is 6.88. The highest BCUT2D eigenvalue weighted by atomic mass is 16.5. The van der Waals surface area contributed by atoms with Crippen LogP contribution in [0.4, 0.5) is 0 Å². The largest absolute Gasteiger partial charge is 0.378 e. The molecule has 1 aromatic carbocycles. The summed E-state index contributed by atoms with van der Waals surface area (Å²) in [6.45, 7) is 4.55. The number of rotatable bonds is 7. The van der Waals surface area contributed by atoms with Crippen LogP contribution in [0, 0.1) is 0 Å². The molecule has 0 bridgehead atoms. The van der Waals surface area contributed by atoms with Crippen molar-refractivity contribution in [3.05, 3.63) is 35.4 Å². The van der Waals surface area contributed by atoms with Crippen molar-refractivity contribution in [1.29, 1.82) is 0 Å². The summed E-state index contributed by atoms with van der Waals surface area (Å²) in [5, 5.41) is 3.59. The lowest BCUT2D eigenvalue weighted by Gasteiger charge is -2.35. The molecule has 1 aromatic rings. The second-order valence-corrected chi connectivity index (χ2v) is 4.92. The van der Waals surface area contributed by atoms with Crippen LogP contribution in [0.5, 0.6) is 0 Å². The Hall–Kier alpha value is -0.900. The maximum Gasteiger partial charge on any atom is 0.0604 e. The summed E-state index contributed by atoms with van der Waals surface area (Å²) in [5.74, 6) is 0. The van der Waals surface area contributed by atoms with Crippen molar-refractivity contribution in [3.63, 3.8) is 0 Å². The van der Waals surface area contributed by atoms with Crippen LogP contribution in [0.1, 0.15) is 30.9 Å². The van der Waals surface area contributed by atoms with E-state index in [1.807, 2.05) is 0 Å². The Morgan fingerprint density at radius 2 is 2.00 bits per heavy atom. The van der Waals surface area contributed by atoms with Crippen molar-refractivity contribution >= 4 is 0 Å². The molecule has 1 saturated carbocycles. The van der Waals surface area contributed by atoms with Gasteiger partial charge in [0.1, 0.15) is 0 Å². The summed E-state index contributed by atoms with van der Waals surface area (Å²) in [7, 11) is 0. The van der Waals surface area contributed by atoms with Crippen molar-refractivity contribution in [1.82, 2.24) is 5.32 Å². The number of hydrogen-bond acceptors (Lipinski definition) is 3. The van der Waals surface area contributed by atoms with Crippen LogP contribution in [-0.4, -0.2) is 25.3 Å². The lowest BCUT2D eigenvalue weighted by atomic mass is 9.89. The van der Waals surface area contributed by atoms with Gasteiger partial charge in [-0.1, -0.05) is 24.3 Å². The summed E-state index contributed by atoms with van der Waals surface area (Å²) >= 11 is 0. The van der Waals surface area contributed by atoms with E-state index in [1.165, 1.54) is 11.1 Å². The quantitative estimate of drug-likeness (QED) is 0.774. The van der Waals surface area contributed by atoms with E-state index in [2.05, 4.69) is 36.5 Å². The zero-order chi connectivity index (χ0) is 12.8. The number of hydrogen-bond donors (Lipinski definition) is 2. The van der Waals surface area contributed by atoms with Crippen LogP contribution in [0.3, 0.4) is 0 Å². The van der Waals surface area contributed by atoms with Gasteiger partial charge in [0.05, 0.1) is 6.10 Å². The Kier molecular flexibility index (Phi) is 5.17. The number of ether oxygens (including phenoxy) is 1. The molecule has 3 heteroatoms. The fourth-order valence-electron chi connectivity index (χ4n) is 2.52. The van der Waals surface area contributed by atoms with Gasteiger partial charge in [0, 0.05) is 19.2 Å². The average Bonchev–Trinajstić information content (AvgIpc) is 2.36.